The van der Waals surface area contributed by atoms with Crippen LogP contribution >= 0.6 is 22.9 Å². The van der Waals surface area contributed by atoms with Gasteiger partial charge in [0.1, 0.15) is 11.3 Å². The Kier molecular flexibility index (Phi) is 8.22. The summed E-state index contributed by atoms with van der Waals surface area (Å²) in [5, 5.41) is 6.17. The average Bonchev–Trinajstić information content (AvgIpc) is 3.60. The maximum absolute atomic E-state index is 13.3. The van der Waals surface area contributed by atoms with Crippen molar-refractivity contribution < 1.29 is 19.1 Å². The number of aromatic nitrogens is 1. The summed E-state index contributed by atoms with van der Waals surface area (Å²) in [6.07, 6.45) is 6.59. The number of carbonyl (C=O) groups is 2. The number of ketones is 1. The van der Waals surface area contributed by atoms with Crippen molar-refractivity contribution in [2.45, 2.75) is 63.3 Å². The predicted molar refractivity (Wildman–Crippen MR) is 173 cm³/mol. The summed E-state index contributed by atoms with van der Waals surface area (Å²) < 4.78 is 12.8. The van der Waals surface area contributed by atoms with E-state index in [1.807, 2.05) is 47.8 Å². The van der Waals surface area contributed by atoms with Crippen LogP contribution in [-0.2, 0) is 21.4 Å². The van der Waals surface area contributed by atoms with Crippen LogP contribution in [-0.4, -0.2) is 36.0 Å². The largest absolute Gasteiger partial charge is 0.492 e. The fourth-order valence-electron chi connectivity index (χ4n) is 7.39. The van der Waals surface area contributed by atoms with Gasteiger partial charge in [-0.15, -0.1) is 11.3 Å². The summed E-state index contributed by atoms with van der Waals surface area (Å²) >= 11 is 7.93. The molecule has 0 bridgehead atoms. The lowest BCUT2D eigenvalue weighted by molar-refractivity contribution is -0.148. The van der Waals surface area contributed by atoms with Gasteiger partial charge in [0.25, 0.3) is 0 Å². The second-order valence-electron chi connectivity index (χ2n) is 12.3. The van der Waals surface area contributed by atoms with E-state index < -0.39 is 5.54 Å². The summed E-state index contributed by atoms with van der Waals surface area (Å²) in [7, 11) is 1.45. The summed E-state index contributed by atoms with van der Waals surface area (Å²) in [4.78, 5) is 30.2. The molecule has 0 saturated heterocycles. The molecule has 8 heteroatoms. The zero-order valence-electron chi connectivity index (χ0n) is 24.8. The third-order valence-electron chi connectivity index (χ3n) is 9.60. The molecule has 1 spiro atoms. The highest BCUT2D eigenvalue weighted by Crippen LogP contribution is 2.56. The minimum Gasteiger partial charge on any atom is -0.492 e. The Hall–Kier alpha value is -3.42. The first kappa shape index (κ1) is 29.6. The van der Waals surface area contributed by atoms with Gasteiger partial charge in [-0.1, -0.05) is 36.7 Å². The Bertz CT molecular complexity index is 1660. The van der Waals surface area contributed by atoms with E-state index >= 15 is 0 Å². The minimum absolute atomic E-state index is 0.0720. The van der Waals surface area contributed by atoms with Crippen molar-refractivity contribution in [2.24, 2.45) is 11.8 Å². The number of methoxy groups -OCH3 is 1. The molecule has 6 nitrogen and oxygen atoms in total. The molecule has 224 valence electrons. The highest BCUT2D eigenvalue weighted by molar-refractivity contribution is 7.17. The van der Waals surface area contributed by atoms with Crippen molar-refractivity contribution in [1.82, 2.24) is 4.98 Å². The summed E-state index contributed by atoms with van der Waals surface area (Å²) in [5.74, 6) is 1.37. The van der Waals surface area contributed by atoms with Crippen molar-refractivity contribution >= 4 is 50.6 Å². The highest BCUT2D eigenvalue weighted by atomic mass is 35.5. The quantitative estimate of drug-likeness (QED) is 0.151. The molecule has 2 heterocycles. The fourth-order valence-corrected chi connectivity index (χ4v) is 8.40. The topological polar surface area (TPSA) is 77.5 Å². The van der Waals surface area contributed by atoms with Gasteiger partial charge in [0.15, 0.2) is 5.78 Å². The molecule has 1 unspecified atom stereocenters. The smallest absolute Gasteiger partial charge is 0.331 e. The van der Waals surface area contributed by atoms with Gasteiger partial charge in [0.2, 0.25) is 0 Å². The Balaban J connectivity index is 1.26. The molecular formula is C35H37ClN2O4S. The predicted octanol–water partition coefficient (Wildman–Crippen LogP) is 8.27. The fraction of sp³-hybridized carbons (Fsp3) is 0.400. The van der Waals surface area contributed by atoms with Crippen LogP contribution < -0.4 is 10.1 Å². The van der Waals surface area contributed by atoms with E-state index in [2.05, 4.69) is 29.4 Å². The first-order valence-corrected chi connectivity index (χ1v) is 16.2. The number of thiophene rings is 1. The van der Waals surface area contributed by atoms with Gasteiger partial charge in [-0.05, 0) is 116 Å². The van der Waals surface area contributed by atoms with Crippen LogP contribution in [0, 0.1) is 11.8 Å². The van der Waals surface area contributed by atoms with Crippen LogP contribution in [0.1, 0.15) is 67.4 Å². The van der Waals surface area contributed by atoms with Crippen molar-refractivity contribution in [1.29, 1.82) is 0 Å². The number of anilines is 1. The number of ether oxygens (including phenoxy) is 2. The van der Waals surface area contributed by atoms with Crippen molar-refractivity contribution in [3.8, 4) is 5.75 Å². The van der Waals surface area contributed by atoms with Crippen molar-refractivity contribution in [2.75, 3.05) is 19.0 Å². The Morgan fingerprint density at radius 2 is 1.93 bits per heavy atom. The molecule has 0 amide bonds. The summed E-state index contributed by atoms with van der Waals surface area (Å²) in [5.41, 5.74) is 4.11. The lowest BCUT2D eigenvalue weighted by Gasteiger charge is -2.47. The monoisotopic (exact) mass is 616 g/mol. The molecule has 1 fully saturated rings. The molecule has 43 heavy (non-hydrogen) atoms. The van der Waals surface area contributed by atoms with E-state index in [4.69, 9.17) is 21.1 Å². The van der Waals surface area contributed by atoms with Crippen LogP contribution in [0.25, 0.3) is 10.2 Å². The zero-order valence-corrected chi connectivity index (χ0v) is 26.4. The van der Waals surface area contributed by atoms with Gasteiger partial charge in [0, 0.05) is 22.5 Å². The van der Waals surface area contributed by atoms with Crippen LogP contribution in [0.3, 0.4) is 0 Å². The lowest BCUT2D eigenvalue weighted by Crippen LogP contribution is -2.53. The van der Waals surface area contributed by atoms with Crippen LogP contribution in [0.2, 0.25) is 5.02 Å². The van der Waals surface area contributed by atoms with E-state index in [1.54, 1.807) is 24.5 Å². The third-order valence-corrected chi connectivity index (χ3v) is 10.8. The first-order chi connectivity index (χ1) is 20.7. The van der Waals surface area contributed by atoms with Gasteiger partial charge < -0.3 is 14.8 Å². The molecule has 2 aliphatic rings. The van der Waals surface area contributed by atoms with E-state index in [0.717, 1.165) is 52.9 Å². The minimum atomic E-state index is -0.849. The molecule has 1 saturated carbocycles. The summed E-state index contributed by atoms with van der Waals surface area (Å²) in [6, 6.07) is 17.7. The second-order valence-corrected chi connectivity index (χ2v) is 13.6. The van der Waals surface area contributed by atoms with Gasteiger partial charge in [0.05, 0.1) is 23.9 Å². The average molecular weight is 617 g/mol. The van der Waals surface area contributed by atoms with Gasteiger partial charge in [-0.3, -0.25) is 9.78 Å². The molecule has 1 N–H and O–H groups in total. The van der Waals surface area contributed by atoms with Crippen LogP contribution in [0.5, 0.6) is 5.75 Å². The lowest BCUT2D eigenvalue weighted by atomic mass is 9.59. The standard InChI is InChI=1S/C35H37ClN2O4S/c1-22(21-42-31-9-15-37-30-10-16-43-32(30)31)17-26-18-25-8-7-24(23(2)39)19-29(25)34(26)11-13-35(14-12-34,33(40)41-3)38-28-6-4-5-27(36)20-28/h4-10,15-16,19-20,22,26,38H,11-14,17-18,21H2,1-3H3/t22-,26?,34?,35?/m1/s1. The Morgan fingerprint density at radius 3 is 2.67 bits per heavy atom. The molecular weight excluding hydrogens is 580 g/mol. The number of halogens is 1. The third kappa shape index (κ3) is 5.65. The van der Waals surface area contributed by atoms with Gasteiger partial charge >= 0.3 is 5.97 Å². The normalized spacial score (nSPS) is 23.6. The molecule has 0 radical (unpaired) electrons. The van der Waals surface area contributed by atoms with Crippen molar-refractivity contribution in [3.05, 3.63) is 87.9 Å². The first-order valence-electron chi connectivity index (χ1n) is 14.9. The number of rotatable bonds is 9. The van der Waals surface area contributed by atoms with E-state index in [0.29, 0.717) is 36.3 Å². The molecule has 2 aromatic carbocycles. The molecule has 2 aromatic heterocycles. The van der Waals surface area contributed by atoms with Gasteiger partial charge in [-0.25, -0.2) is 4.79 Å². The van der Waals surface area contributed by atoms with Crippen molar-refractivity contribution in [3.63, 3.8) is 0 Å². The molecule has 0 aliphatic heterocycles. The molecule has 2 aliphatic carbocycles. The molecule has 6 rings (SSSR count). The molecule has 4 aromatic rings. The number of carbonyl (C=O) groups excluding carboxylic acids is 2. The number of fused-ring (bicyclic) bond motifs is 3. The number of hydrogen-bond donors (Lipinski definition) is 1. The Morgan fingerprint density at radius 1 is 1.12 bits per heavy atom. The Labute approximate surface area is 261 Å². The second kappa shape index (κ2) is 11.9. The zero-order chi connectivity index (χ0) is 30.2. The van der Waals surface area contributed by atoms with E-state index in [-0.39, 0.29) is 17.2 Å². The van der Waals surface area contributed by atoms with E-state index in [9.17, 15) is 9.59 Å². The maximum atomic E-state index is 13.3. The van der Waals surface area contributed by atoms with Crippen LogP contribution in [0.4, 0.5) is 5.69 Å². The number of nitrogens with one attached hydrogen (secondary N) is 1. The number of pyridine rings is 1. The van der Waals surface area contributed by atoms with Crippen LogP contribution in [0.15, 0.2) is 66.2 Å². The van der Waals surface area contributed by atoms with Gasteiger partial charge in [-0.2, -0.15) is 0 Å². The number of esters is 1. The SMILES string of the molecule is COC(=O)C1(Nc2cccc(Cl)c2)CCC2(CC1)c1cc(C(C)=O)ccc1CC2C[C@@H](C)COc1ccnc2ccsc12. The highest BCUT2D eigenvalue weighted by Gasteiger charge is 2.54. The number of nitrogens with zero attached hydrogens (tertiary/aromatic N) is 1. The number of benzene rings is 2. The molecule has 2 atom stereocenters. The number of Topliss-reactive ketones (excluding diaryl/α,β-unsaturated/α-hetero) is 1. The number of hydrogen-bond acceptors (Lipinski definition) is 7. The van der Waals surface area contributed by atoms with E-state index in [1.165, 1.54) is 18.2 Å². The summed E-state index contributed by atoms with van der Waals surface area (Å²) in [6.45, 7) is 4.50. The maximum Gasteiger partial charge on any atom is 0.331 e.